The summed E-state index contributed by atoms with van der Waals surface area (Å²) < 4.78 is 64.1. The Bertz CT molecular complexity index is 1560. The molecule has 15 nitrogen and oxygen atoms in total. The maximum Gasteiger partial charge on any atom is 0.508 e. The quantitative estimate of drug-likeness (QED) is 0.132. The van der Waals surface area contributed by atoms with Crippen molar-refractivity contribution in [3.05, 3.63) is 42.7 Å². The molecule has 4 rings (SSSR count). The minimum atomic E-state index is -4.32. The lowest BCUT2D eigenvalue weighted by Gasteiger charge is -2.32. The average molecular weight is 667 g/mol. The van der Waals surface area contributed by atoms with E-state index < -0.39 is 62.6 Å². The van der Waals surface area contributed by atoms with Crippen molar-refractivity contribution >= 4 is 36.9 Å². The molecular formula is C29H40FN6O9P. The van der Waals surface area contributed by atoms with Gasteiger partial charge in [0.15, 0.2) is 17.0 Å². The molecule has 252 valence electrons. The van der Waals surface area contributed by atoms with Crippen LogP contribution >= 0.6 is 7.75 Å². The zero-order chi connectivity index (χ0) is 33.6. The molecule has 1 saturated heterocycles. The molecule has 0 bridgehead atoms. The van der Waals surface area contributed by atoms with Crippen molar-refractivity contribution < 1.29 is 46.5 Å². The number of para-hydroxylation sites is 1. The van der Waals surface area contributed by atoms with E-state index in [-0.39, 0.29) is 35.3 Å². The summed E-state index contributed by atoms with van der Waals surface area (Å²) in [4.78, 5) is 37.0. The Morgan fingerprint density at radius 3 is 2.52 bits per heavy atom. The van der Waals surface area contributed by atoms with Gasteiger partial charge in [0.2, 0.25) is 0 Å². The zero-order valence-electron chi connectivity index (χ0n) is 26.5. The first-order valence-electron chi connectivity index (χ1n) is 14.9. The first-order chi connectivity index (χ1) is 21.8. The fourth-order valence-corrected chi connectivity index (χ4v) is 6.33. The number of benzene rings is 1. The smallest absolute Gasteiger partial charge is 0.462 e. The predicted octanol–water partition coefficient (Wildman–Crippen LogP) is 5.07. The van der Waals surface area contributed by atoms with Crippen LogP contribution in [0.5, 0.6) is 5.75 Å². The number of imidazole rings is 1. The van der Waals surface area contributed by atoms with Crippen LogP contribution in [0.3, 0.4) is 0 Å². The summed E-state index contributed by atoms with van der Waals surface area (Å²) in [5.74, 6) is -0.643. The van der Waals surface area contributed by atoms with Crippen molar-refractivity contribution in [1.82, 2.24) is 24.6 Å². The molecule has 1 aliphatic heterocycles. The highest BCUT2D eigenvalue weighted by molar-refractivity contribution is 7.52. The number of fused-ring (bicyclic) bond motifs is 1. The third-order valence-corrected chi connectivity index (χ3v) is 8.82. The highest BCUT2D eigenvalue weighted by Crippen LogP contribution is 2.48. The van der Waals surface area contributed by atoms with E-state index in [0.717, 1.165) is 0 Å². The van der Waals surface area contributed by atoms with Crippen molar-refractivity contribution in [1.29, 1.82) is 0 Å². The molecule has 3 aromatic rings. The van der Waals surface area contributed by atoms with Gasteiger partial charge >= 0.3 is 25.9 Å². The molecule has 0 spiro atoms. The second-order valence-corrected chi connectivity index (χ2v) is 12.9. The van der Waals surface area contributed by atoms with Gasteiger partial charge < -0.3 is 29.2 Å². The number of carbonyl (C=O) groups excluding carboxylic acids is 2. The lowest BCUT2D eigenvalue weighted by Crippen LogP contribution is -2.44. The Morgan fingerprint density at radius 1 is 1.17 bits per heavy atom. The molecule has 2 aromatic heterocycles. The molecule has 0 saturated carbocycles. The number of rotatable bonds is 14. The van der Waals surface area contributed by atoms with Crippen LogP contribution in [0.1, 0.15) is 67.0 Å². The Hall–Kier alpha value is -3.85. The Balaban J connectivity index is 1.63. The average Bonchev–Trinajstić information content (AvgIpc) is 3.56. The molecule has 1 aliphatic rings. The van der Waals surface area contributed by atoms with E-state index in [9.17, 15) is 18.5 Å². The van der Waals surface area contributed by atoms with Crippen molar-refractivity contribution in [2.75, 3.05) is 12.3 Å². The third-order valence-electron chi connectivity index (χ3n) is 7.19. The molecular weight excluding hydrogens is 626 g/mol. The van der Waals surface area contributed by atoms with Gasteiger partial charge in [-0.25, -0.2) is 14.3 Å². The lowest BCUT2D eigenvalue weighted by atomic mass is 10.0. The number of carbonyl (C=O) groups is 2. The normalized spacial score (nSPS) is 21.7. The van der Waals surface area contributed by atoms with E-state index in [0.29, 0.717) is 12.8 Å². The monoisotopic (exact) mass is 666 g/mol. The molecule has 0 radical (unpaired) electrons. The summed E-state index contributed by atoms with van der Waals surface area (Å²) in [7, 11) is -4.32. The number of aromatic nitrogens is 4. The number of hydrogen-bond donors (Lipinski definition) is 2. The van der Waals surface area contributed by atoms with Crippen LogP contribution in [0, 0.1) is 6.08 Å². The summed E-state index contributed by atoms with van der Waals surface area (Å²) >= 11 is 0. The van der Waals surface area contributed by atoms with Crippen LogP contribution in [0.4, 0.5) is 15.0 Å². The number of nitrogen functional groups attached to an aromatic ring is 1. The standard InChI is InChI=1S/C29H40FN6O9P/c1-7-19(8-2)42-28(38)43-21-14-22(36-16-32-23-24(31)33-27(30)34-25(23)36)44-29(21,6)15-40-46(39,45-20-12-10-9-11-13-20)35-18(5)26(37)41-17(3)4/h9-13,16-19,21-22H,7-8,14-15H2,1-6H3,(H,35,39)(H2,31,33,34)/t18-,21-,22+,29+,46-/m0/s1. The van der Waals surface area contributed by atoms with Crippen LogP contribution in [-0.2, 0) is 32.8 Å². The van der Waals surface area contributed by atoms with Gasteiger partial charge in [-0.15, -0.1) is 0 Å². The number of ether oxygens (including phenoxy) is 4. The molecule has 5 atom stereocenters. The Morgan fingerprint density at radius 2 is 1.87 bits per heavy atom. The highest BCUT2D eigenvalue weighted by Gasteiger charge is 2.51. The number of halogens is 1. The molecule has 3 N–H and O–H groups in total. The Labute approximate surface area is 265 Å². The van der Waals surface area contributed by atoms with E-state index >= 15 is 0 Å². The van der Waals surface area contributed by atoms with Crippen LogP contribution in [0.25, 0.3) is 11.2 Å². The molecule has 0 amide bonds. The highest BCUT2D eigenvalue weighted by atomic mass is 31.2. The summed E-state index contributed by atoms with van der Waals surface area (Å²) in [6.07, 6.45) is -2.22. The third kappa shape index (κ3) is 8.49. The Kier molecular flexibility index (Phi) is 11.2. The van der Waals surface area contributed by atoms with Crippen LogP contribution in [0.15, 0.2) is 36.7 Å². The molecule has 46 heavy (non-hydrogen) atoms. The minimum absolute atomic E-state index is 0.0171. The summed E-state index contributed by atoms with van der Waals surface area (Å²) in [6, 6.07) is 7.12. The summed E-state index contributed by atoms with van der Waals surface area (Å²) in [6.45, 7) is 9.68. The van der Waals surface area contributed by atoms with Crippen LogP contribution in [-0.4, -0.2) is 68.2 Å². The van der Waals surface area contributed by atoms with E-state index in [1.807, 2.05) is 13.8 Å². The number of nitrogens with zero attached hydrogens (tertiary/aromatic N) is 4. The fraction of sp³-hybridized carbons (Fsp3) is 0.552. The molecule has 1 fully saturated rings. The van der Waals surface area contributed by atoms with Gasteiger partial charge in [0.25, 0.3) is 0 Å². The maximum atomic E-state index is 14.2. The van der Waals surface area contributed by atoms with Gasteiger partial charge in [-0.3, -0.25) is 13.9 Å². The number of anilines is 1. The lowest BCUT2D eigenvalue weighted by molar-refractivity contribution is -0.149. The summed E-state index contributed by atoms with van der Waals surface area (Å²) in [5.41, 5.74) is 4.55. The van der Waals surface area contributed by atoms with Gasteiger partial charge in [0.1, 0.15) is 35.8 Å². The van der Waals surface area contributed by atoms with Crippen LogP contribution < -0.4 is 15.3 Å². The number of nitrogens with two attached hydrogens (primary N) is 1. The first-order valence-corrected chi connectivity index (χ1v) is 16.5. The van der Waals surface area contributed by atoms with Gasteiger partial charge in [-0.1, -0.05) is 32.0 Å². The number of nitrogens with one attached hydrogen (secondary N) is 1. The SMILES string of the molecule is CCC(CC)OC(=O)O[C@H]1C[C@H](n2cnc3c(N)nc(F)nc32)O[C@]1(C)CO[P@@](=O)(N[C@@H](C)C(=O)OC(C)C)Oc1ccccc1. The maximum absolute atomic E-state index is 14.2. The van der Waals surface area contributed by atoms with Crippen molar-refractivity contribution in [3.63, 3.8) is 0 Å². The van der Waals surface area contributed by atoms with Crippen molar-refractivity contribution in [3.8, 4) is 5.75 Å². The predicted molar refractivity (Wildman–Crippen MR) is 163 cm³/mol. The minimum Gasteiger partial charge on any atom is -0.462 e. The topological polar surface area (TPSA) is 188 Å². The van der Waals surface area contributed by atoms with Gasteiger partial charge in [-0.05, 0) is 52.7 Å². The van der Waals surface area contributed by atoms with E-state index in [2.05, 4.69) is 20.0 Å². The fourth-order valence-electron chi connectivity index (χ4n) is 4.74. The van der Waals surface area contributed by atoms with Crippen LogP contribution in [0.2, 0.25) is 0 Å². The molecule has 0 aliphatic carbocycles. The molecule has 0 unspecified atom stereocenters. The van der Waals surface area contributed by atoms with E-state index in [4.69, 9.17) is 33.7 Å². The number of esters is 1. The van der Waals surface area contributed by atoms with Gasteiger partial charge in [0.05, 0.1) is 19.0 Å². The zero-order valence-corrected chi connectivity index (χ0v) is 27.4. The second-order valence-electron chi connectivity index (χ2n) is 11.2. The first kappa shape index (κ1) is 35.0. The van der Waals surface area contributed by atoms with E-state index in [1.165, 1.54) is 17.8 Å². The molecule has 17 heteroatoms. The van der Waals surface area contributed by atoms with E-state index in [1.54, 1.807) is 51.1 Å². The molecule has 3 heterocycles. The van der Waals surface area contributed by atoms with Gasteiger partial charge in [-0.2, -0.15) is 19.4 Å². The van der Waals surface area contributed by atoms with Gasteiger partial charge in [0, 0.05) is 6.42 Å². The number of hydrogen-bond acceptors (Lipinski definition) is 13. The van der Waals surface area contributed by atoms with Crippen molar-refractivity contribution in [2.45, 2.75) is 97.0 Å². The van der Waals surface area contributed by atoms with Crippen molar-refractivity contribution in [2.24, 2.45) is 0 Å². The molecule has 1 aromatic carbocycles. The largest absolute Gasteiger partial charge is 0.508 e. The second kappa shape index (κ2) is 14.7. The summed E-state index contributed by atoms with van der Waals surface area (Å²) in [5, 5.41) is 2.62.